The monoisotopic (exact) mass is 213 g/mol. The number of hydrogen-bond donors (Lipinski definition) is 1. The molecule has 0 bridgehead atoms. The summed E-state index contributed by atoms with van der Waals surface area (Å²) in [6, 6.07) is 0. The highest BCUT2D eigenvalue weighted by atomic mass is 31.2. The summed E-state index contributed by atoms with van der Waals surface area (Å²) in [7, 11) is -4.01. The van der Waals surface area contributed by atoms with Crippen LogP contribution in [0.25, 0.3) is 0 Å². The van der Waals surface area contributed by atoms with Crippen LogP contribution in [0.4, 0.5) is 0 Å². The van der Waals surface area contributed by atoms with Gasteiger partial charge in [0, 0.05) is 18.8 Å². The van der Waals surface area contributed by atoms with E-state index in [1.54, 1.807) is 6.11 Å². The lowest BCUT2D eigenvalue weighted by molar-refractivity contribution is 0.288. The van der Waals surface area contributed by atoms with Gasteiger partial charge in [-0.25, -0.2) is 4.57 Å². The van der Waals surface area contributed by atoms with Crippen LogP contribution in [0.15, 0.2) is 0 Å². The number of rotatable bonds is 3. The Morgan fingerprint density at radius 3 is 2.25 bits per heavy atom. The van der Waals surface area contributed by atoms with Gasteiger partial charge < -0.3 is 9.05 Å². The van der Waals surface area contributed by atoms with E-state index >= 15 is 0 Å². The Labute approximate surface area is 70.3 Å². The van der Waals surface area contributed by atoms with Crippen LogP contribution >= 0.6 is 15.9 Å². The van der Waals surface area contributed by atoms with E-state index in [0.717, 1.165) is 14.2 Å². The first kappa shape index (κ1) is 11.6. The molecular formula is C4H7O6P2+. The van der Waals surface area contributed by atoms with Gasteiger partial charge in [-0.05, 0) is 0 Å². The molecule has 68 valence electrons. The van der Waals surface area contributed by atoms with E-state index in [-0.39, 0.29) is 0 Å². The van der Waals surface area contributed by atoms with Crippen molar-refractivity contribution in [3.05, 3.63) is 0 Å². The van der Waals surface area contributed by atoms with Crippen LogP contribution in [0.2, 0.25) is 0 Å². The lowest BCUT2D eigenvalue weighted by Gasteiger charge is -2.02. The summed E-state index contributed by atoms with van der Waals surface area (Å²) < 4.78 is 33.6. The normalized spacial score (nSPS) is 11.4. The van der Waals surface area contributed by atoms with Crippen LogP contribution in [0.1, 0.15) is 0 Å². The predicted octanol–water partition coefficient (Wildman–Crippen LogP) is 1.06. The highest BCUT2D eigenvalue weighted by Crippen LogP contribution is 2.44. The van der Waals surface area contributed by atoms with E-state index in [0.29, 0.717) is 0 Å². The minimum absolute atomic E-state index is 1.14. The summed E-state index contributed by atoms with van der Waals surface area (Å²) in [5.41, 5.74) is 1.92. The number of hydrogen-bond acceptors (Lipinski definition) is 5. The Morgan fingerprint density at radius 1 is 1.42 bits per heavy atom. The third-order valence-electron chi connectivity index (χ3n) is 0.787. The summed E-state index contributed by atoms with van der Waals surface area (Å²) in [5, 5.41) is 0. The first-order chi connectivity index (χ1) is 5.54. The summed E-state index contributed by atoms with van der Waals surface area (Å²) >= 11 is 0. The molecule has 0 aliphatic heterocycles. The second-order valence-electron chi connectivity index (χ2n) is 1.41. The lowest BCUT2D eigenvalue weighted by atomic mass is 11.3. The van der Waals surface area contributed by atoms with Gasteiger partial charge in [0.05, 0.1) is 5.66 Å². The molecule has 0 fully saturated rings. The molecule has 0 aromatic heterocycles. The van der Waals surface area contributed by atoms with Crippen molar-refractivity contribution in [1.82, 2.24) is 0 Å². The van der Waals surface area contributed by atoms with Crippen molar-refractivity contribution in [2.75, 3.05) is 14.2 Å². The maximum Gasteiger partial charge on any atom is 0.756 e. The molecular weight excluding hydrogens is 206 g/mol. The molecule has 1 N–H and O–H groups in total. The van der Waals surface area contributed by atoms with E-state index in [1.807, 2.05) is 5.66 Å². The fourth-order valence-electron chi connectivity index (χ4n) is 0.281. The summed E-state index contributed by atoms with van der Waals surface area (Å²) in [6.07, 6.45) is 1.73. The summed E-state index contributed by atoms with van der Waals surface area (Å²) in [5.74, 6) is 0. The van der Waals surface area contributed by atoms with E-state index in [2.05, 4.69) is 13.6 Å². The Kier molecular flexibility index (Phi) is 5.07. The third kappa shape index (κ3) is 4.45. The van der Waals surface area contributed by atoms with Crippen molar-refractivity contribution in [2.45, 2.75) is 0 Å². The molecule has 0 rings (SSSR count). The minimum atomic E-state index is -3.46. The quantitative estimate of drug-likeness (QED) is 0.557. The molecule has 0 heterocycles. The third-order valence-corrected chi connectivity index (χ3v) is 2.36. The van der Waals surface area contributed by atoms with E-state index in [4.69, 9.17) is 4.89 Å². The van der Waals surface area contributed by atoms with Gasteiger partial charge >= 0.3 is 15.9 Å². The summed E-state index contributed by atoms with van der Waals surface area (Å²) in [4.78, 5) is 8.11. The largest absolute Gasteiger partial charge is 0.756 e. The molecule has 0 aromatic rings. The molecule has 0 aromatic carbocycles. The van der Waals surface area contributed by atoms with Gasteiger partial charge in [0.15, 0.2) is 6.11 Å². The standard InChI is InChI=1S/C4H6O6P2/c1-8-12(7,9-2)4-3-10-11(5)6/h1-2H3/p+1. The zero-order chi connectivity index (χ0) is 9.61. The Balaban J connectivity index is 4.26. The van der Waals surface area contributed by atoms with Crippen molar-refractivity contribution >= 4 is 15.9 Å². The molecule has 1 atom stereocenters. The van der Waals surface area contributed by atoms with Crippen molar-refractivity contribution in [1.29, 1.82) is 0 Å². The van der Waals surface area contributed by atoms with Crippen molar-refractivity contribution in [3.63, 3.8) is 0 Å². The zero-order valence-corrected chi connectivity index (χ0v) is 8.17. The first-order valence-electron chi connectivity index (χ1n) is 2.61. The molecule has 0 radical (unpaired) electrons. The second-order valence-corrected chi connectivity index (χ2v) is 4.01. The van der Waals surface area contributed by atoms with Crippen LogP contribution in [0.5, 0.6) is 0 Å². The van der Waals surface area contributed by atoms with Gasteiger partial charge in [0.1, 0.15) is 0 Å². The van der Waals surface area contributed by atoms with Crippen molar-refractivity contribution in [3.8, 4) is 11.8 Å². The lowest BCUT2D eigenvalue weighted by Crippen LogP contribution is -1.83. The molecule has 0 spiro atoms. The first-order valence-corrected chi connectivity index (χ1v) is 5.28. The smallest absolute Gasteiger partial charge is 0.303 e. The highest BCUT2D eigenvalue weighted by Gasteiger charge is 2.18. The predicted molar refractivity (Wildman–Crippen MR) is 40.3 cm³/mol. The van der Waals surface area contributed by atoms with Crippen molar-refractivity contribution in [2.24, 2.45) is 0 Å². The summed E-state index contributed by atoms with van der Waals surface area (Å²) in [6.45, 7) is 0. The molecule has 1 unspecified atom stereocenters. The average Bonchev–Trinajstić information content (AvgIpc) is 2.03. The Hall–Kier alpha value is -0.430. The second kappa shape index (κ2) is 5.26. The highest BCUT2D eigenvalue weighted by molar-refractivity contribution is 7.59. The fourth-order valence-corrected chi connectivity index (χ4v) is 0.966. The Bertz CT molecular complexity index is 254. The zero-order valence-electron chi connectivity index (χ0n) is 6.38. The van der Waals surface area contributed by atoms with Crippen LogP contribution in [0.3, 0.4) is 0 Å². The molecule has 0 saturated heterocycles. The Morgan fingerprint density at radius 2 is 1.92 bits per heavy atom. The maximum absolute atomic E-state index is 11.1. The van der Waals surface area contributed by atoms with Crippen LogP contribution in [-0.4, -0.2) is 19.1 Å². The van der Waals surface area contributed by atoms with Gasteiger partial charge in [0.25, 0.3) is 0 Å². The van der Waals surface area contributed by atoms with Gasteiger partial charge in [-0.3, -0.25) is 0 Å². The molecule has 0 amide bonds. The maximum atomic E-state index is 11.1. The SMILES string of the molecule is COP(=O)(C#CO[P+](=O)O)OC. The van der Waals surface area contributed by atoms with Crippen LogP contribution < -0.4 is 0 Å². The van der Waals surface area contributed by atoms with Gasteiger partial charge in [0.2, 0.25) is 0 Å². The van der Waals surface area contributed by atoms with E-state index in [9.17, 15) is 9.13 Å². The topological polar surface area (TPSA) is 82.1 Å². The fraction of sp³-hybridized carbons (Fsp3) is 0.500. The molecule has 12 heavy (non-hydrogen) atoms. The molecule has 8 heteroatoms. The molecule has 0 aliphatic carbocycles. The average molecular weight is 213 g/mol. The van der Waals surface area contributed by atoms with Gasteiger partial charge in [-0.15, -0.1) is 4.89 Å². The van der Waals surface area contributed by atoms with Gasteiger partial charge in [-0.1, -0.05) is 0 Å². The van der Waals surface area contributed by atoms with Crippen LogP contribution in [0, 0.1) is 11.8 Å². The minimum Gasteiger partial charge on any atom is -0.303 e. The molecule has 0 aliphatic rings. The van der Waals surface area contributed by atoms with E-state index < -0.39 is 15.9 Å². The molecule has 6 nitrogen and oxygen atoms in total. The molecule has 0 saturated carbocycles. The van der Waals surface area contributed by atoms with Gasteiger partial charge in [-0.2, -0.15) is 4.52 Å². The van der Waals surface area contributed by atoms with Crippen LogP contribution in [-0.2, 0) is 22.7 Å². The van der Waals surface area contributed by atoms with Crippen molar-refractivity contribution < 1.29 is 27.6 Å². The van der Waals surface area contributed by atoms with E-state index in [1.165, 1.54) is 0 Å².